The molecule has 6 nitrogen and oxygen atoms in total. The molecule has 2 aromatic carbocycles. The first-order valence-electron chi connectivity index (χ1n) is 11.4. The van der Waals surface area contributed by atoms with Crippen molar-refractivity contribution in [2.45, 2.75) is 45.9 Å². The SMILES string of the molecule is Cc1oc(/C=C/c2ccc(Br)cc2)nc1COc1ccc(CCCCn2ccnc2CO)c(F)c1. The molecule has 0 saturated heterocycles. The number of aliphatic hydroxyl groups is 1. The Morgan fingerprint density at radius 2 is 1.97 bits per heavy atom. The lowest BCUT2D eigenvalue weighted by Crippen LogP contribution is -2.04. The summed E-state index contributed by atoms with van der Waals surface area (Å²) in [6.07, 6.45) is 9.58. The third-order valence-electron chi connectivity index (χ3n) is 5.64. The van der Waals surface area contributed by atoms with Gasteiger partial charge in [-0.3, -0.25) is 0 Å². The first-order valence-corrected chi connectivity index (χ1v) is 12.2. The summed E-state index contributed by atoms with van der Waals surface area (Å²) < 4.78 is 29.0. The maximum Gasteiger partial charge on any atom is 0.219 e. The number of benzene rings is 2. The minimum absolute atomic E-state index is 0.0824. The molecule has 4 rings (SSSR count). The van der Waals surface area contributed by atoms with E-state index < -0.39 is 0 Å². The van der Waals surface area contributed by atoms with E-state index in [1.54, 1.807) is 18.3 Å². The zero-order valence-corrected chi connectivity index (χ0v) is 21.0. The second-order valence-electron chi connectivity index (χ2n) is 8.13. The zero-order valence-electron chi connectivity index (χ0n) is 19.5. The van der Waals surface area contributed by atoms with E-state index in [4.69, 9.17) is 9.15 Å². The molecular formula is C27H27BrFN3O3. The lowest BCUT2D eigenvalue weighted by molar-refractivity contribution is 0.264. The third-order valence-corrected chi connectivity index (χ3v) is 6.16. The lowest BCUT2D eigenvalue weighted by Gasteiger charge is -2.09. The van der Waals surface area contributed by atoms with Crippen LogP contribution in [0.25, 0.3) is 12.2 Å². The minimum Gasteiger partial charge on any atom is -0.487 e. The van der Waals surface area contributed by atoms with E-state index in [1.807, 2.05) is 54.1 Å². The molecule has 8 heteroatoms. The van der Waals surface area contributed by atoms with Crippen molar-refractivity contribution in [3.05, 3.63) is 99.4 Å². The quantitative estimate of drug-likeness (QED) is 0.225. The van der Waals surface area contributed by atoms with Crippen molar-refractivity contribution >= 4 is 28.1 Å². The molecule has 0 spiro atoms. The molecule has 0 aliphatic heterocycles. The maximum atomic E-state index is 14.6. The van der Waals surface area contributed by atoms with Crippen LogP contribution in [-0.4, -0.2) is 19.6 Å². The fraction of sp³-hybridized carbons (Fsp3) is 0.259. The largest absolute Gasteiger partial charge is 0.487 e. The lowest BCUT2D eigenvalue weighted by atomic mass is 10.1. The highest BCUT2D eigenvalue weighted by molar-refractivity contribution is 9.10. The first kappa shape index (κ1) is 24.9. The molecule has 0 aliphatic carbocycles. The van der Waals surface area contributed by atoms with Gasteiger partial charge < -0.3 is 18.8 Å². The van der Waals surface area contributed by atoms with E-state index in [0.717, 1.165) is 29.4 Å². The Bertz CT molecular complexity index is 1280. The number of hydrogen-bond acceptors (Lipinski definition) is 5. The Morgan fingerprint density at radius 3 is 2.74 bits per heavy atom. The standard InChI is InChI=1S/C27H27BrFN3O3/c1-19-25(31-27(35-19)12-7-20-5-9-22(28)10-6-20)18-34-23-11-8-21(24(29)16-23)4-2-3-14-32-15-13-30-26(32)17-33/h5-13,15-16,33H,2-4,14,17-18H2,1H3/b12-7+. The molecular weight excluding hydrogens is 513 g/mol. The van der Waals surface area contributed by atoms with Gasteiger partial charge in [0.25, 0.3) is 0 Å². The summed E-state index contributed by atoms with van der Waals surface area (Å²) in [7, 11) is 0. The van der Waals surface area contributed by atoms with E-state index in [0.29, 0.717) is 40.9 Å². The number of aliphatic hydroxyl groups excluding tert-OH is 1. The van der Waals surface area contributed by atoms with Crippen molar-refractivity contribution in [3.8, 4) is 5.75 Å². The van der Waals surface area contributed by atoms with Crippen molar-refractivity contribution in [2.24, 2.45) is 0 Å². The molecule has 0 radical (unpaired) electrons. The molecule has 0 atom stereocenters. The number of aromatic nitrogens is 3. The third kappa shape index (κ3) is 6.90. The zero-order chi connectivity index (χ0) is 24.6. The van der Waals surface area contributed by atoms with E-state index in [9.17, 15) is 9.50 Å². The second-order valence-corrected chi connectivity index (χ2v) is 9.05. The van der Waals surface area contributed by atoms with Gasteiger partial charge in [-0.15, -0.1) is 0 Å². The number of aryl methyl sites for hydroxylation is 3. The number of imidazole rings is 1. The van der Waals surface area contributed by atoms with Crippen LogP contribution in [0, 0.1) is 12.7 Å². The topological polar surface area (TPSA) is 73.3 Å². The minimum atomic E-state index is -0.281. The number of nitrogens with zero attached hydrogens (tertiary/aromatic N) is 3. The summed E-state index contributed by atoms with van der Waals surface area (Å²) in [5, 5.41) is 9.25. The fourth-order valence-corrected chi connectivity index (χ4v) is 3.93. The van der Waals surface area contributed by atoms with Crippen molar-refractivity contribution < 1.29 is 18.7 Å². The van der Waals surface area contributed by atoms with E-state index >= 15 is 0 Å². The highest BCUT2D eigenvalue weighted by Crippen LogP contribution is 2.21. The number of unbranched alkanes of at least 4 members (excludes halogenated alkanes) is 1. The van der Waals surface area contributed by atoms with Crippen LogP contribution in [0.15, 0.2) is 63.7 Å². The van der Waals surface area contributed by atoms with Crippen LogP contribution >= 0.6 is 15.9 Å². The van der Waals surface area contributed by atoms with E-state index in [2.05, 4.69) is 25.9 Å². The van der Waals surface area contributed by atoms with Gasteiger partial charge in [0.1, 0.15) is 42.1 Å². The van der Waals surface area contributed by atoms with Crippen molar-refractivity contribution in [1.29, 1.82) is 0 Å². The average Bonchev–Trinajstić information content (AvgIpc) is 3.46. The molecule has 0 amide bonds. The molecule has 0 unspecified atom stereocenters. The summed E-state index contributed by atoms with van der Waals surface area (Å²) in [6.45, 7) is 2.69. The first-order chi connectivity index (χ1) is 17.0. The van der Waals surface area contributed by atoms with Gasteiger partial charge in [0, 0.05) is 35.6 Å². The molecule has 0 fully saturated rings. The molecule has 0 aliphatic rings. The second kappa shape index (κ2) is 12.0. The Hall–Kier alpha value is -3.23. The van der Waals surface area contributed by atoms with Crippen LogP contribution < -0.4 is 4.74 Å². The number of rotatable bonds is 11. The van der Waals surface area contributed by atoms with Gasteiger partial charge in [-0.1, -0.05) is 34.1 Å². The fourth-order valence-electron chi connectivity index (χ4n) is 3.66. The van der Waals surface area contributed by atoms with Crippen LogP contribution in [0.3, 0.4) is 0 Å². The van der Waals surface area contributed by atoms with E-state index in [-0.39, 0.29) is 19.0 Å². The average molecular weight is 540 g/mol. The molecule has 0 saturated carbocycles. The molecule has 0 bridgehead atoms. The Labute approximate surface area is 212 Å². The predicted molar refractivity (Wildman–Crippen MR) is 136 cm³/mol. The molecule has 2 aromatic heterocycles. The van der Waals surface area contributed by atoms with Crippen LogP contribution in [0.5, 0.6) is 5.75 Å². The highest BCUT2D eigenvalue weighted by atomic mass is 79.9. The van der Waals surface area contributed by atoms with Crippen molar-refractivity contribution in [2.75, 3.05) is 0 Å². The van der Waals surface area contributed by atoms with Crippen molar-refractivity contribution in [3.63, 3.8) is 0 Å². The predicted octanol–water partition coefficient (Wildman–Crippen LogP) is 6.35. The highest BCUT2D eigenvalue weighted by Gasteiger charge is 2.10. The maximum absolute atomic E-state index is 14.6. The van der Waals surface area contributed by atoms with E-state index in [1.165, 1.54) is 6.07 Å². The number of halogens is 2. The molecule has 182 valence electrons. The number of oxazole rings is 1. The number of hydrogen-bond donors (Lipinski definition) is 1. The van der Waals surface area contributed by atoms with Gasteiger partial charge in [-0.2, -0.15) is 0 Å². The smallest absolute Gasteiger partial charge is 0.219 e. The van der Waals surface area contributed by atoms with Crippen LogP contribution in [-0.2, 0) is 26.2 Å². The monoisotopic (exact) mass is 539 g/mol. The molecule has 2 heterocycles. The Balaban J connectivity index is 1.27. The molecule has 35 heavy (non-hydrogen) atoms. The van der Waals surface area contributed by atoms with Gasteiger partial charge >= 0.3 is 0 Å². The van der Waals surface area contributed by atoms with Gasteiger partial charge in [-0.25, -0.2) is 14.4 Å². The van der Waals surface area contributed by atoms with Gasteiger partial charge in [0.15, 0.2) is 0 Å². The van der Waals surface area contributed by atoms with Crippen LogP contribution in [0.4, 0.5) is 4.39 Å². The van der Waals surface area contributed by atoms with Gasteiger partial charge in [0.05, 0.1) is 0 Å². The normalized spacial score (nSPS) is 11.4. The Morgan fingerprint density at radius 1 is 1.14 bits per heavy atom. The van der Waals surface area contributed by atoms with Gasteiger partial charge in [-0.05, 0) is 61.6 Å². The number of ether oxygens (including phenoxy) is 1. The summed E-state index contributed by atoms with van der Waals surface area (Å²) in [4.78, 5) is 8.57. The molecule has 4 aromatic rings. The van der Waals surface area contributed by atoms with Crippen molar-refractivity contribution in [1.82, 2.24) is 14.5 Å². The summed E-state index contributed by atoms with van der Waals surface area (Å²) in [5.41, 5.74) is 2.36. The summed E-state index contributed by atoms with van der Waals surface area (Å²) in [5.74, 6) is 1.97. The summed E-state index contributed by atoms with van der Waals surface area (Å²) in [6, 6.07) is 12.9. The Kier molecular flexibility index (Phi) is 8.50. The van der Waals surface area contributed by atoms with Gasteiger partial charge in [0.2, 0.25) is 5.89 Å². The molecule has 1 N–H and O–H groups in total. The van der Waals surface area contributed by atoms with Crippen LogP contribution in [0.2, 0.25) is 0 Å². The van der Waals surface area contributed by atoms with Crippen LogP contribution in [0.1, 0.15) is 47.1 Å². The summed E-state index contributed by atoms with van der Waals surface area (Å²) >= 11 is 3.42.